The van der Waals surface area contributed by atoms with E-state index in [4.69, 9.17) is 10.8 Å². The summed E-state index contributed by atoms with van der Waals surface area (Å²) in [5, 5.41) is 3.26. The van der Waals surface area contributed by atoms with Gasteiger partial charge < -0.3 is 14.0 Å². The fourth-order valence-electron chi connectivity index (χ4n) is 7.87. The monoisotopic (exact) mass is 988 g/mol. The summed E-state index contributed by atoms with van der Waals surface area (Å²) >= 11 is 0. The summed E-state index contributed by atoms with van der Waals surface area (Å²) in [5.41, 5.74) is 13.6. The molecule has 0 saturated carbocycles. The Kier molecular flexibility index (Phi) is 11.5. The number of furan rings is 1. The number of nitrogens with zero attached hydrogens (tertiary/aromatic N) is 4. The average Bonchev–Trinajstić information content (AvgIpc) is 3.85. The molecule has 0 aliphatic carbocycles. The van der Waals surface area contributed by atoms with Crippen molar-refractivity contribution in [3.05, 3.63) is 187 Å². The number of hydrogen-bond donors (Lipinski definition) is 0. The van der Waals surface area contributed by atoms with E-state index in [-0.39, 0.29) is 20.1 Å². The molecular formula is C54H46IrN4OSi-2. The summed E-state index contributed by atoms with van der Waals surface area (Å²) in [6, 6.07) is 60.6. The fraction of sp³-hybridized carbons (Fsp3) is 0.130. The van der Waals surface area contributed by atoms with Gasteiger partial charge in [0.1, 0.15) is 0 Å². The van der Waals surface area contributed by atoms with E-state index in [0.29, 0.717) is 5.71 Å². The van der Waals surface area contributed by atoms with Crippen molar-refractivity contribution in [3.8, 4) is 50.6 Å². The topological polar surface area (TPSA) is 56.7 Å². The molecule has 10 aromatic rings. The Balaban J connectivity index is 0.000000214. The molecule has 0 aliphatic rings. The first kappa shape index (κ1) is 40.2. The molecule has 5 nitrogen and oxygen atoms in total. The minimum Gasteiger partial charge on any atom is -0.486 e. The van der Waals surface area contributed by atoms with Crippen LogP contribution < -0.4 is 5.19 Å². The van der Waals surface area contributed by atoms with Gasteiger partial charge in [0, 0.05) is 50.0 Å². The zero-order valence-electron chi connectivity index (χ0n) is 36.1. The number of pyridine rings is 2. The van der Waals surface area contributed by atoms with Crippen molar-refractivity contribution in [3.63, 3.8) is 0 Å². The van der Waals surface area contributed by atoms with Crippen molar-refractivity contribution >= 4 is 46.4 Å². The summed E-state index contributed by atoms with van der Waals surface area (Å²) in [6.45, 7) is 12.8. The van der Waals surface area contributed by atoms with E-state index in [1.54, 1.807) is 0 Å². The molecular weight excluding hydrogens is 941 g/mol. The van der Waals surface area contributed by atoms with Gasteiger partial charge in [-0.3, -0.25) is 4.98 Å². The van der Waals surface area contributed by atoms with Gasteiger partial charge in [0.25, 0.3) is 0 Å². The molecule has 7 heteroatoms. The van der Waals surface area contributed by atoms with E-state index in [0.717, 1.165) is 89.2 Å². The first-order valence-corrected chi connectivity index (χ1v) is 23.9. The zero-order valence-corrected chi connectivity index (χ0v) is 38.5. The predicted octanol–water partition coefficient (Wildman–Crippen LogP) is 13.6. The quantitative estimate of drug-likeness (QED) is 0.118. The SMILES string of the molecule is Cc1ccc2c(n1)oc1c(-c3nc4ccccc4n3-c3cc(-c4ccccc4)ccc3-c3ccccc3)[c-]ccc12.[2H]C(C)(C)c1cc(-c2[c-]cccc2)ncc1[Si](C)(C)C.[Ir]. The molecule has 0 saturated heterocycles. The van der Waals surface area contributed by atoms with E-state index in [9.17, 15) is 0 Å². The van der Waals surface area contributed by atoms with Crippen molar-refractivity contribution in [1.29, 1.82) is 0 Å². The second-order valence-electron chi connectivity index (χ2n) is 16.4. The normalized spacial score (nSPS) is 11.9. The van der Waals surface area contributed by atoms with Gasteiger partial charge in [0.05, 0.1) is 30.5 Å². The first-order valence-electron chi connectivity index (χ1n) is 20.9. The van der Waals surface area contributed by atoms with E-state index in [2.05, 4.69) is 143 Å². The van der Waals surface area contributed by atoms with Crippen LogP contribution in [0.3, 0.4) is 0 Å². The predicted molar refractivity (Wildman–Crippen MR) is 252 cm³/mol. The Labute approximate surface area is 374 Å². The van der Waals surface area contributed by atoms with Crippen LogP contribution in [-0.2, 0) is 20.1 Å². The average molecular weight is 988 g/mol. The first-order chi connectivity index (χ1) is 29.4. The summed E-state index contributed by atoms with van der Waals surface area (Å²) in [7, 11) is -1.50. The molecule has 1 radical (unpaired) electrons. The zero-order chi connectivity index (χ0) is 42.3. The number of aromatic nitrogens is 4. The third kappa shape index (κ3) is 8.29. The smallest absolute Gasteiger partial charge is 0.216 e. The Morgan fingerprint density at radius 3 is 2.13 bits per heavy atom. The molecule has 0 atom stereocenters. The van der Waals surface area contributed by atoms with E-state index in [1.165, 1.54) is 5.19 Å². The Morgan fingerprint density at radius 1 is 0.689 bits per heavy atom. The van der Waals surface area contributed by atoms with Gasteiger partial charge in [-0.2, -0.15) is 0 Å². The maximum atomic E-state index is 8.44. The molecule has 0 amide bonds. The summed E-state index contributed by atoms with van der Waals surface area (Å²) in [6.07, 6.45) is 1.98. The molecule has 0 spiro atoms. The van der Waals surface area contributed by atoms with Crippen LogP contribution in [-0.4, -0.2) is 27.6 Å². The number of hydrogen-bond acceptors (Lipinski definition) is 4. The van der Waals surface area contributed by atoms with Crippen LogP contribution in [0.2, 0.25) is 19.6 Å². The van der Waals surface area contributed by atoms with Crippen LogP contribution in [0, 0.1) is 19.1 Å². The molecule has 0 N–H and O–H groups in total. The van der Waals surface area contributed by atoms with Gasteiger partial charge in [-0.1, -0.05) is 141 Å². The van der Waals surface area contributed by atoms with Crippen molar-refractivity contribution in [2.24, 2.45) is 0 Å². The second-order valence-corrected chi connectivity index (χ2v) is 21.4. The molecule has 0 unspecified atom stereocenters. The number of rotatable bonds is 7. The molecule has 4 aromatic heterocycles. The molecule has 0 aliphatic heterocycles. The Bertz CT molecular complexity index is 3170. The minimum atomic E-state index is -1.50. The molecule has 303 valence electrons. The third-order valence-electron chi connectivity index (χ3n) is 10.9. The number of aryl methyl sites for hydroxylation is 1. The Hall–Kier alpha value is -6.24. The van der Waals surface area contributed by atoms with Gasteiger partial charge in [0.15, 0.2) is 0 Å². The largest absolute Gasteiger partial charge is 0.486 e. The molecule has 61 heavy (non-hydrogen) atoms. The molecule has 10 rings (SSSR count). The van der Waals surface area contributed by atoms with Gasteiger partial charge in [-0.25, -0.2) is 4.98 Å². The second kappa shape index (κ2) is 17.4. The number of para-hydroxylation sites is 2. The summed E-state index contributed by atoms with van der Waals surface area (Å²) in [4.78, 5) is 14.5. The minimum absolute atomic E-state index is 0. The molecule has 6 aromatic carbocycles. The van der Waals surface area contributed by atoms with Crippen molar-refractivity contribution in [2.75, 3.05) is 0 Å². The standard InChI is InChI=1S/C37H24N3O.C17H22NSi.Ir/c1-24-19-21-30-29-15-10-16-31(35(29)41-37(30)38-24)36-39-32-17-8-9-18-33(32)40(36)34-23-27(25-11-4-2-5-12-25)20-22-28(34)26-13-6-3-7-14-26;1-13(2)15-11-16(14-9-7-6-8-10-14)18-12-17(15)19(3,4)5;/h2-15,17-23H,1H3;6-9,11-13H,1-5H3;/q2*-1;/i;13D;. The van der Waals surface area contributed by atoms with Crippen LogP contribution in [0.5, 0.6) is 0 Å². The fourth-order valence-corrected chi connectivity index (χ4v) is 9.46. The molecule has 0 fully saturated rings. The Morgan fingerprint density at radius 2 is 1.41 bits per heavy atom. The molecule has 0 bridgehead atoms. The van der Waals surface area contributed by atoms with Crippen molar-refractivity contribution < 1.29 is 25.9 Å². The summed E-state index contributed by atoms with van der Waals surface area (Å²) in [5.74, 6) is 0.164. The van der Waals surface area contributed by atoms with Gasteiger partial charge in [0.2, 0.25) is 5.71 Å². The van der Waals surface area contributed by atoms with E-state index >= 15 is 0 Å². The van der Waals surface area contributed by atoms with Gasteiger partial charge >= 0.3 is 0 Å². The maximum Gasteiger partial charge on any atom is 0.216 e. The number of imidazole rings is 1. The number of fused-ring (bicyclic) bond motifs is 4. The van der Waals surface area contributed by atoms with Crippen LogP contribution in [0.25, 0.3) is 83.7 Å². The van der Waals surface area contributed by atoms with E-state index < -0.39 is 14.0 Å². The van der Waals surface area contributed by atoms with Crippen molar-refractivity contribution in [1.82, 2.24) is 19.5 Å². The van der Waals surface area contributed by atoms with E-state index in [1.807, 2.05) is 87.6 Å². The molecule has 4 heterocycles. The third-order valence-corrected chi connectivity index (χ3v) is 12.9. The van der Waals surface area contributed by atoms with Crippen LogP contribution in [0.15, 0.2) is 168 Å². The van der Waals surface area contributed by atoms with Crippen molar-refractivity contribution in [2.45, 2.75) is 46.3 Å². The van der Waals surface area contributed by atoms with Gasteiger partial charge in [-0.15, -0.1) is 54.1 Å². The summed E-state index contributed by atoms with van der Waals surface area (Å²) < 4.78 is 17.1. The van der Waals surface area contributed by atoms with Crippen LogP contribution >= 0.6 is 0 Å². The van der Waals surface area contributed by atoms with Crippen LogP contribution in [0.1, 0.15) is 32.4 Å². The van der Waals surface area contributed by atoms with Crippen LogP contribution in [0.4, 0.5) is 0 Å². The maximum absolute atomic E-state index is 8.44. The number of benzene rings is 6. The van der Waals surface area contributed by atoms with Gasteiger partial charge in [-0.05, 0) is 70.7 Å².